The third-order valence-electron chi connectivity index (χ3n) is 1.31. The summed E-state index contributed by atoms with van der Waals surface area (Å²) in [6.45, 7) is 8.93. The second-order valence-electron chi connectivity index (χ2n) is 2.25. The van der Waals surface area contributed by atoms with Gasteiger partial charge in [0, 0.05) is 6.61 Å². The molecule has 0 unspecified atom stereocenters. The van der Waals surface area contributed by atoms with Crippen LogP contribution in [0.4, 0.5) is 0 Å². The quantitative estimate of drug-likeness (QED) is 0.518. The van der Waals surface area contributed by atoms with Crippen LogP contribution < -0.4 is 0 Å². The first-order valence-corrected chi connectivity index (χ1v) is 3.76. The highest BCUT2D eigenvalue weighted by Crippen LogP contribution is 1.97. The van der Waals surface area contributed by atoms with Crippen LogP contribution in [0.3, 0.4) is 0 Å². The van der Waals surface area contributed by atoms with Crippen molar-refractivity contribution in [2.24, 2.45) is 0 Å². The lowest BCUT2D eigenvalue weighted by Crippen LogP contribution is -2.07. The molecule has 1 radical (unpaired) electrons. The van der Waals surface area contributed by atoms with E-state index < -0.39 is 0 Å². The Morgan fingerprint density at radius 2 is 2.11 bits per heavy atom. The molecule has 0 aliphatic rings. The fourth-order valence-electron chi connectivity index (χ4n) is 0.512. The summed E-state index contributed by atoms with van der Waals surface area (Å²) in [5.74, 6) is 0. The van der Waals surface area contributed by atoms with E-state index in [2.05, 4.69) is 20.8 Å². The van der Waals surface area contributed by atoms with Gasteiger partial charge >= 0.3 is 0 Å². The molecule has 0 heterocycles. The SMILES string of the molecule is [CH2][C@H](CC)OCCCC. The van der Waals surface area contributed by atoms with Crippen LogP contribution in [0.2, 0.25) is 0 Å². The van der Waals surface area contributed by atoms with Crippen LogP contribution in [0.5, 0.6) is 0 Å². The van der Waals surface area contributed by atoms with Gasteiger partial charge in [0.15, 0.2) is 0 Å². The van der Waals surface area contributed by atoms with E-state index in [0.29, 0.717) is 0 Å². The molecule has 0 fully saturated rings. The van der Waals surface area contributed by atoms with Gasteiger partial charge in [-0.15, -0.1) is 0 Å². The summed E-state index contributed by atoms with van der Waals surface area (Å²) in [5, 5.41) is 0. The van der Waals surface area contributed by atoms with Crippen molar-refractivity contribution in [3.8, 4) is 0 Å². The van der Waals surface area contributed by atoms with Gasteiger partial charge in [-0.05, 0) is 19.8 Å². The van der Waals surface area contributed by atoms with Crippen molar-refractivity contribution in [2.45, 2.75) is 39.2 Å². The molecule has 0 saturated carbocycles. The molecule has 0 aromatic rings. The molecule has 0 aliphatic heterocycles. The molecule has 1 heteroatoms. The van der Waals surface area contributed by atoms with Gasteiger partial charge in [-0.2, -0.15) is 0 Å². The van der Waals surface area contributed by atoms with Gasteiger partial charge in [0.05, 0.1) is 6.10 Å². The largest absolute Gasteiger partial charge is 0.378 e. The Kier molecular flexibility index (Phi) is 6.06. The molecule has 0 bridgehead atoms. The van der Waals surface area contributed by atoms with E-state index in [1.54, 1.807) is 0 Å². The zero-order chi connectivity index (χ0) is 7.11. The minimum absolute atomic E-state index is 0.205. The Morgan fingerprint density at radius 3 is 2.56 bits per heavy atom. The fraction of sp³-hybridized carbons (Fsp3) is 0.875. The van der Waals surface area contributed by atoms with E-state index in [-0.39, 0.29) is 6.10 Å². The van der Waals surface area contributed by atoms with Crippen LogP contribution in [0.25, 0.3) is 0 Å². The Balaban J connectivity index is 2.88. The number of rotatable bonds is 5. The van der Waals surface area contributed by atoms with Crippen molar-refractivity contribution in [3.63, 3.8) is 0 Å². The first-order chi connectivity index (χ1) is 4.31. The Bertz CT molecular complexity index is 52.5. The highest BCUT2D eigenvalue weighted by molar-refractivity contribution is 4.55. The average Bonchev–Trinajstić information content (AvgIpc) is 1.89. The molecule has 0 aromatic carbocycles. The van der Waals surface area contributed by atoms with Crippen molar-refractivity contribution in [3.05, 3.63) is 6.92 Å². The molecule has 0 amide bonds. The summed E-state index contributed by atoms with van der Waals surface area (Å²) in [4.78, 5) is 0. The third kappa shape index (κ3) is 5.84. The lowest BCUT2D eigenvalue weighted by atomic mass is 10.3. The second kappa shape index (κ2) is 6.09. The van der Waals surface area contributed by atoms with Crippen LogP contribution in [-0.2, 0) is 4.74 Å². The molecule has 1 nitrogen and oxygen atoms in total. The molecule has 0 N–H and O–H groups in total. The van der Waals surface area contributed by atoms with Gasteiger partial charge in [0.1, 0.15) is 0 Å². The van der Waals surface area contributed by atoms with Crippen LogP contribution in [0.1, 0.15) is 33.1 Å². The van der Waals surface area contributed by atoms with E-state index in [0.717, 1.165) is 19.4 Å². The Hall–Kier alpha value is -0.0400. The minimum Gasteiger partial charge on any atom is -0.378 e. The standard InChI is InChI=1S/C8H17O/c1-4-6-7-9-8(3)5-2/h8H,3-7H2,1-2H3/t8-/m1/s1. The molecule has 1 atom stereocenters. The van der Waals surface area contributed by atoms with Crippen LogP contribution >= 0.6 is 0 Å². The summed E-state index contributed by atoms with van der Waals surface area (Å²) in [7, 11) is 0. The van der Waals surface area contributed by atoms with E-state index in [1.165, 1.54) is 6.42 Å². The van der Waals surface area contributed by atoms with E-state index in [9.17, 15) is 0 Å². The molecule has 0 rings (SSSR count). The maximum atomic E-state index is 5.32. The molecule has 0 aromatic heterocycles. The summed E-state index contributed by atoms with van der Waals surface area (Å²) in [6.07, 6.45) is 3.59. The van der Waals surface area contributed by atoms with E-state index in [1.807, 2.05) is 0 Å². The van der Waals surface area contributed by atoms with Gasteiger partial charge in [0.25, 0.3) is 0 Å². The monoisotopic (exact) mass is 129 g/mol. The fourth-order valence-corrected chi connectivity index (χ4v) is 0.512. The van der Waals surface area contributed by atoms with Crippen molar-refractivity contribution >= 4 is 0 Å². The highest BCUT2D eigenvalue weighted by atomic mass is 16.5. The third-order valence-corrected chi connectivity index (χ3v) is 1.31. The lowest BCUT2D eigenvalue weighted by molar-refractivity contribution is 0.0787. The van der Waals surface area contributed by atoms with Gasteiger partial charge < -0.3 is 4.74 Å². The maximum Gasteiger partial charge on any atom is 0.0573 e. The smallest absolute Gasteiger partial charge is 0.0573 e. The second-order valence-corrected chi connectivity index (χ2v) is 2.25. The molecule has 55 valence electrons. The van der Waals surface area contributed by atoms with Crippen molar-refractivity contribution in [2.75, 3.05) is 6.61 Å². The minimum atomic E-state index is 0.205. The highest BCUT2D eigenvalue weighted by Gasteiger charge is 1.95. The predicted octanol–water partition coefficient (Wildman–Crippen LogP) is 2.42. The van der Waals surface area contributed by atoms with Crippen molar-refractivity contribution in [1.82, 2.24) is 0 Å². The first kappa shape index (κ1) is 8.96. The van der Waals surface area contributed by atoms with Gasteiger partial charge in [-0.3, -0.25) is 0 Å². The summed E-state index contributed by atoms with van der Waals surface area (Å²) >= 11 is 0. The molecular formula is C8H17O. The number of ether oxygens (including phenoxy) is 1. The molecule has 0 saturated heterocycles. The maximum absolute atomic E-state index is 5.32. The Labute approximate surface area is 58.4 Å². The average molecular weight is 129 g/mol. The number of unbranched alkanes of at least 4 members (excludes halogenated alkanes) is 1. The molecule has 9 heavy (non-hydrogen) atoms. The molecular weight excluding hydrogens is 112 g/mol. The number of hydrogen-bond donors (Lipinski definition) is 0. The normalized spacial score (nSPS) is 13.7. The lowest BCUT2D eigenvalue weighted by Gasteiger charge is -2.08. The predicted molar refractivity (Wildman–Crippen MR) is 40.3 cm³/mol. The topological polar surface area (TPSA) is 9.23 Å². The van der Waals surface area contributed by atoms with Crippen molar-refractivity contribution < 1.29 is 4.74 Å². The van der Waals surface area contributed by atoms with Crippen LogP contribution in [-0.4, -0.2) is 12.7 Å². The van der Waals surface area contributed by atoms with Crippen molar-refractivity contribution in [1.29, 1.82) is 0 Å². The first-order valence-electron chi connectivity index (χ1n) is 3.76. The number of hydrogen-bond acceptors (Lipinski definition) is 1. The van der Waals surface area contributed by atoms with Crippen LogP contribution in [0.15, 0.2) is 0 Å². The molecule has 0 aliphatic carbocycles. The van der Waals surface area contributed by atoms with Gasteiger partial charge in [-0.25, -0.2) is 0 Å². The van der Waals surface area contributed by atoms with E-state index in [4.69, 9.17) is 4.74 Å². The molecule has 0 spiro atoms. The Morgan fingerprint density at radius 1 is 1.44 bits per heavy atom. The van der Waals surface area contributed by atoms with E-state index >= 15 is 0 Å². The zero-order valence-corrected chi connectivity index (χ0v) is 6.52. The zero-order valence-electron chi connectivity index (χ0n) is 6.52. The van der Waals surface area contributed by atoms with Crippen LogP contribution in [0, 0.1) is 6.92 Å². The van der Waals surface area contributed by atoms with Gasteiger partial charge in [0.2, 0.25) is 0 Å². The van der Waals surface area contributed by atoms with Gasteiger partial charge in [-0.1, -0.05) is 20.3 Å². The summed E-state index contributed by atoms with van der Waals surface area (Å²) in [5.41, 5.74) is 0. The summed E-state index contributed by atoms with van der Waals surface area (Å²) < 4.78 is 5.32. The summed E-state index contributed by atoms with van der Waals surface area (Å²) in [6, 6.07) is 0.